The molecule has 0 fully saturated rings. The molecule has 1 heterocycles. The second-order valence-corrected chi connectivity index (χ2v) is 6.83. The maximum atomic E-state index is 5.39. The van der Waals surface area contributed by atoms with Crippen LogP contribution in [0.15, 0.2) is 54.6 Å². The van der Waals surface area contributed by atoms with Crippen molar-refractivity contribution >= 4 is 24.3 Å². The van der Waals surface area contributed by atoms with E-state index in [2.05, 4.69) is 41.0 Å². The average molecular weight is 419 g/mol. The zero-order valence-corrected chi connectivity index (χ0v) is 18.6. The minimum Gasteiger partial charge on any atom is -0.493 e. The molecule has 0 saturated heterocycles. The third-order valence-electron chi connectivity index (χ3n) is 5.02. The van der Waals surface area contributed by atoms with E-state index in [0.717, 1.165) is 22.5 Å². The van der Waals surface area contributed by atoms with Crippen molar-refractivity contribution in [3.05, 3.63) is 77.1 Å². The number of ether oxygens (including phenoxy) is 4. The number of benzene rings is 2. The van der Waals surface area contributed by atoms with Gasteiger partial charge in [-0.1, -0.05) is 12.1 Å². The van der Waals surface area contributed by atoms with E-state index in [1.807, 2.05) is 49.5 Å². The summed E-state index contributed by atoms with van der Waals surface area (Å²) < 4.78 is 23.5. The smallest absolute Gasteiger partial charge is 0.205 e. The minimum atomic E-state index is 0.709. The molecule has 0 aliphatic heterocycles. The van der Waals surface area contributed by atoms with Crippen molar-refractivity contribution < 1.29 is 23.5 Å². The molecule has 5 heteroatoms. The van der Waals surface area contributed by atoms with Gasteiger partial charge < -0.3 is 18.9 Å². The van der Waals surface area contributed by atoms with Crippen LogP contribution in [0.3, 0.4) is 0 Å². The predicted octanol–water partition coefficient (Wildman–Crippen LogP) is 4.89. The molecule has 31 heavy (non-hydrogen) atoms. The molecule has 0 aliphatic rings. The fourth-order valence-electron chi connectivity index (χ4n) is 3.23. The van der Waals surface area contributed by atoms with Gasteiger partial charge in [-0.2, -0.15) is 4.57 Å². The summed E-state index contributed by atoms with van der Waals surface area (Å²) in [5.74, 6) is 2.85. The summed E-state index contributed by atoms with van der Waals surface area (Å²) in [4.78, 5) is 0. The SMILES string of the molecule is COc1ccc(/C=C/c2cccc(/C=C/c3ccc(OC)c(OC)c3)[n+]2C)cc1OC. The summed E-state index contributed by atoms with van der Waals surface area (Å²) in [6.45, 7) is 0. The van der Waals surface area contributed by atoms with Crippen molar-refractivity contribution in [2.45, 2.75) is 0 Å². The van der Waals surface area contributed by atoms with E-state index in [-0.39, 0.29) is 0 Å². The third-order valence-corrected chi connectivity index (χ3v) is 5.02. The van der Waals surface area contributed by atoms with Gasteiger partial charge in [0.15, 0.2) is 23.0 Å². The van der Waals surface area contributed by atoms with Crippen molar-refractivity contribution in [3.63, 3.8) is 0 Å². The quantitative estimate of drug-likeness (QED) is 0.489. The number of aromatic nitrogens is 1. The molecule has 1 aromatic heterocycles. The van der Waals surface area contributed by atoms with Crippen LogP contribution in [0.4, 0.5) is 0 Å². The number of hydrogen-bond acceptors (Lipinski definition) is 4. The first-order valence-corrected chi connectivity index (χ1v) is 9.89. The van der Waals surface area contributed by atoms with Crippen molar-refractivity contribution in [1.82, 2.24) is 0 Å². The van der Waals surface area contributed by atoms with E-state index >= 15 is 0 Å². The molecule has 2 aromatic carbocycles. The molecule has 0 N–H and O–H groups in total. The first kappa shape index (κ1) is 22.0. The second-order valence-electron chi connectivity index (χ2n) is 6.83. The minimum absolute atomic E-state index is 0.709. The van der Waals surface area contributed by atoms with E-state index in [1.165, 1.54) is 0 Å². The molecule has 0 atom stereocenters. The van der Waals surface area contributed by atoms with Crippen LogP contribution in [0.5, 0.6) is 23.0 Å². The van der Waals surface area contributed by atoms with Crippen LogP contribution < -0.4 is 23.5 Å². The van der Waals surface area contributed by atoms with Crippen LogP contribution in [0, 0.1) is 0 Å². The highest BCUT2D eigenvalue weighted by atomic mass is 16.5. The fourth-order valence-corrected chi connectivity index (χ4v) is 3.23. The molecular weight excluding hydrogens is 390 g/mol. The van der Waals surface area contributed by atoms with Crippen LogP contribution in [0.25, 0.3) is 24.3 Å². The molecule has 5 nitrogen and oxygen atoms in total. The highest BCUT2D eigenvalue weighted by molar-refractivity contribution is 5.71. The highest BCUT2D eigenvalue weighted by Crippen LogP contribution is 2.29. The standard InChI is InChI=1S/C26H28NO4/c1-27-21(13-9-19-11-15-23(28-2)25(17-19)30-4)7-6-8-22(27)14-10-20-12-16-24(29-3)26(18-20)31-5/h6-18H,1-5H3/q+1/b13-9+,14-10+. The van der Waals surface area contributed by atoms with Gasteiger partial charge in [-0.15, -0.1) is 0 Å². The van der Waals surface area contributed by atoms with Gasteiger partial charge in [0.25, 0.3) is 0 Å². The zero-order chi connectivity index (χ0) is 22.2. The van der Waals surface area contributed by atoms with E-state index in [0.29, 0.717) is 23.0 Å². The van der Waals surface area contributed by atoms with Gasteiger partial charge in [0.05, 0.1) is 28.4 Å². The largest absolute Gasteiger partial charge is 0.493 e. The van der Waals surface area contributed by atoms with Gasteiger partial charge >= 0.3 is 0 Å². The Bertz CT molecular complexity index is 1020. The summed E-state index contributed by atoms with van der Waals surface area (Å²) in [5, 5.41) is 0. The Morgan fingerprint density at radius 2 is 0.968 bits per heavy atom. The summed E-state index contributed by atoms with van der Waals surface area (Å²) >= 11 is 0. The van der Waals surface area contributed by atoms with Crippen LogP contribution in [0.1, 0.15) is 22.5 Å². The van der Waals surface area contributed by atoms with Gasteiger partial charge in [-0.25, -0.2) is 0 Å². The number of pyridine rings is 1. The van der Waals surface area contributed by atoms with Crippen LogP contribution >= 0.6 is 0 Å². The van der Waals surface area contributed by atoms with Gasteiger partial charge in [-0.05, 0) is 53.6 Å². The van der Waals surface area contributed by atoms with Crippen molar-refractivity contribution in [3.8, 4) is 23.0 Å². The molecule has 3 rings (SSSR count). The molecule has 0 unspecified atom stereocenters. The fraction of sp³-hybridized carbons (Fsp3) is 0.192. The first-order chi connectivity index (χ1) is 15.1. The Labute approximate surface area is 183 Å². The highest BCUT2D eigenvalue weighted by Gasteiger charge is 2.09. The zero-order valence-electron chi connectivity index (χ0n) is 18.6. The monoisotopic (exact) mass is 418 g/mol. The van der Waals surface area contributed by atoms with Crippen molar-refractivity contribution in [1.29, 1.82) is 0 Å². The number of hydrogen-bond donors (Lipinski definition) is 0. The van der Waals surface area contributed by atoms with Crippen molar-refractivity contribution in [2.24, 2.45) is 7.05 Å². The number of nitrogens with zero attached hydrogens (tertiary/aromatic N) is 1. The average Bonchev–Trinajstić information content (AvgIpc) is 2.82. The maximum absolute atomic E-state index is 5.39. The summed E-state index contributed by atoms with van der Waals surface area (Å²) in [7, 11) is 8.59. The first-order valence-electron chi connectivity index (χ1n) is 9.89. The molecular formula is C26H28NO4+. The number of methoxy groups -OCH3 is 4. The Hall–Kier alpha value is -3.73. The van der Waals surface area contributed by atoms with E-state index in [9.17, 15) is 0 Å². The van der Waals surface area contributed by atoms with E-state index < -0.39 is 0 Å². The lowest BCUT2D eigenvalue weighted by molar-refractivity contribution is -0.675. The van der Waals surface area contributed by atoms with Gasteiger partial charge in [0.1, 0.15) is 7.05 Å². The maximum Gasteiger partial charge on any atom is 0.205 e. The van der Waals surface area contributed by atoms with Crippen LogP contribution in [0.2, 0.25) is 0 Å². The summed E-state index contributed by atoms with van der Waals surface area (Å²) in [6, 6.07) is 17.9. The molecule has 0 radical (unpaired) electrons. The van der Waals surface area contributed by atoms with Crippen molar-refractivity contribution in [2.75, 3.05) is 28.4 Å². The topological polar surface area (TPSA) is 40.8 Å². The molecule has 160 valence electrons. The molecule has 0 aliphatic carbocycles. The Balaban J connectivity index is 1.83. The van der Waals surface area contributed by atoms with Crippen LogP contribution in [-0.4, -0.2) is 28.4 Å². The molecule has 0 spiro atoms. The van der Waals surface area contributed by atoms with Gasteiger partial charge in [-0.3, -0.25) is 0 Å². The van der Waals surface area contributed by atoms with Gasteiger partial charge in [0, 0.05) is 24.3 Å². The predicted molar refractivity (Wildman–Crippen MR) is 125 cm³/mol. The Morgan fingerprint density at radius 1 is 0.548 bits per heavy atom. The number of rotatable bonds is 8. The van der Waals surface area contributed by atoms with E-state index in [4.69, 9.17) is 18.9 Å². The normalized spacial score (nSPS) is 11.1. The Kier molecular flexibility index (Phi) is 7.33. The molecule has 3 aromatic rings. The summed E-state index contributed by atoms with van der Waals surface area (Å²) in [6.07, 6.45) is 8.27. The third kappa shape index (κ3) is 5.25. The van der Waals surface area contributed by atoms with Crippen LogP contribution in [-0.2, 0) is 7.05 Å². The lowest BCUT2D eigenvalue weighted by Gasteiger charge is -2.07. The lowest BCUT2D eigenvalue weighted by Crippen LogP contribution is -2.35. The molecule has 0 amide bonds. The molecule has 0 bridgehead atoms. The van der Waals surface area contributed by atoms with Gasteiger partial charge in [0.2, 0.25) is 11.4 Å². The molecule has 0 saturated carbocycles. The second kappa shape index (κ2) is 10.3. The Morgan fingerprint density at radius 3 is 1.35 bits per heavy atom. The van der Waals surface area contributed by atoms with E-state index in [1.54, 1.807) is 28.4 Å². The lowest BCUT2D eigenvalue weighted by atomic mass is 10.1. The summed E-state index contributed by atoms with van der Waals surface area (Å²) in [5.41, 5.74) is 4.21.